The Hall–Kier alpha value is -2.42. The Morgan fingerprint density at radius 2 is 2.07 bits per heavy atom. The van der Waals surface area contributed by atoms with Crippen molar-refractivity contribution in [3.8, 4) is 0 Å². The summed E-state index contributed by atoms with van der Waals surface area (Å²) in [6, 6.07) is 5.38. The highest BCUT2D eigenvalue weighted by atomic mass is 32.2. The fraction of sp³-hybridized carbons (Fsp3) is 0.444. The molecule has 1 N–H and O–H groups in total. The third-order valence-electron chi connectivity index (χ3n) is 4.89. The predicted molar refractivity (Wildman–Crippen MR) is 101 cm³/mol. The molecule has 2 heterocycles. The van der Waals surface area contributed by atoms with Gasteiger partial charge in [0.15, 0.2) is 9.84 Å². The summed E-state index contributed by atoms with van der Waals surface area (Å²) in [6.45, 7) is 4.01. The number of hydrogen-bond donors (Lipinski definition) is 1. The number of nitrogens with zero attached hydrogens (tertiary/aromatic N) is 3. The van der Waals surface area contributed by atoms with Gasteiger partial charge < -0.3 is 10.2 Å². The average molecular weight is 394 g/mol. The molecule has 0 aliphatic carbocycles. The number of halogens is 1. The lowest BCUT2D eigenvalue weighted by atomic mass is 10.2. The van der Waals surface area contributed by atoms with Crippen LogP contribution in [0.2, 0.25) is 0 Å². The second-order valence-corrected chi connectivity index (χ2v) is 9.15. The second kappa shape index (κ2) is 7.30. The maximum atomic E-state index is 13.7. The molecule has 7 nitrogen and oxygen atoms in total. The number of amides is 2. The van der Waals surface area contributed by atoms with Crippen molar-refractivity contribution in [2.75, 3.05) is 23.9 Å². The van der Waals surface area contributed by atoms with E-state index in [2.05, 4.69) is 10.4 Å². The van der Waals surface area contributed by atoms with E-state index >= 15 is 0 Å². The van der Waals surface area contributed by atoms with Crippen LogP contribution in [0.1, 0.15) is 29.4 Å². The molecule has 1 aromatic heterocycles. The van der Waals surface area contributed by atoms with Crippen molar-refractivity contribution in [3.05, 3.63) is 47.0 Å². The number of hydrogen-bond acceptors (Lipinski definition) is 4. The molecule has 0 saturated carbocycles. The standard InChI is InChI=1S/C18H23FN4O3S/c1-12-15(13(2)23(21-12)14-8-9-27(25,26)11-14)10-22(3)18(24)20-17-7-5-4-6-16(17)19/h4-7,14H,8-11H2,1-3H3,(H,20,24)/t14-/m1/s1. The minimum atomic E-state index is -3.01. The largest absolute Gasteiger partial charge is 0.323 e. The van der Waals surface area contributed by atoms with E-state index in [1.54, 1.807) is 23.9 Å². The molecule has 1 aliphatic rings. The van der Waals surface area contributed by atoms with Crippen LogP contribution in [0.5, 0.6) is 0 Å². The molecule has 27 heavy (non-hydrogen) atoms. The van der Waals surface area contributed by atoms with Gasteiger partial charge in [0.2, 0.25) is 0 Å². The maximum absolute atomic E-state index is 13.7. The number of carbonyl (C=O) groups is 1. The highest BCUT2D eigenvalue weighted by Gasteiger charge is 2.31. The number of para-hydroxylation sites is 1. The topological polar surface area (TPSA) is 84.3 Å². The lowest BCUT2D eigenvalue weighted by molar-refractivity contribution is 0.220. The number of aryl methyl sites for hydroxylation is 1. The number of urea groups is 1. The lowest BCUT2D eigenvalue weighted by Gasteiger charge is -2.19. The van der Waals surface area contributed by atoms with Crippen molar-refractivity contribution in [3.63, 3.8) is 0 Å². The first kappa shape index (κ1) is 19.3. The molecule has 2 aromatic rings. The summed E-state index contributed by atoms with van der Waals surface area (Å²) in [4.78, 5) is 13.8. The molecule has 9 heteroatoms. The first-order valence-corrected chi connectivity index (χ1v) is 10.5. The van der Waals surface area contributed by atoms with E-state index in [1.165, 1.54) is 17.0 Å². The highest BCUT2D eigenvalue weighted by Crippen LogP contribution is 2.27. The second-order valence-electron chi connectivity index (χ2n) is 6.92. The van der Waals surface area contributed by atoms with Gasteiger partial charge in [0.1, 0.15) is 5.82 Å². The lowest BCUT2D eigenvalue weighted by Crippen LogP contribution is -2.31. The maximum Gasteiger partial charge on any atom is 0.321 e. The molecule has 3 rings (SSSR count). The summed E-state index contributed by atoms with van der Waals surface area (Å²) < 4.78 is 39.0. The molecule has 0 bridgehead atoms. The van der Waals surface area contributed by atoms with Crippen molar-refractivity contribution < 1.29 is 17.6 Å². The third-order valence-corrected chi connectivity index (χ3v) is 6.64. The van der Waals surface area contributed by atoms with E-state index < -0.39 is 21.7 Å². The number of rotatable bonds is 4. The van der Waals surface area contributed by atoms with Crippen molar-refractivity contribution in [1.29, 1.82) is 0 Å². The molecule has 1 aliphatic heterocycles. The van der Waals surface area contributed by atoms with E-state index in [4.69, 9.17) is 0 Å². The molecule has 0 spiro atoms. The van der Waals surface area contributed by atoms with Crippen LogP contribution in [-0.4, -0.2) is 47.7 Å². The quantitative estimate of drug-likeness (QED) is 0.864. The van der Waals surface area contributed by atoms with Crippen LogP contribution in [0, 0.1) is 19.7 Å². The zero-order chi connectivity index (χ0) is 19.8. The molecular formula is C18H23FN4O3S. The zero-order valence-electron chi connectivity index (χ0n) is 15.6. The molecular weight excluding hydrogens is 371 g/mol. The van der Waals surface area contributed by atoms with Crippen molar-refractivity contribution in [1.82, 2.24) is 14.7 Å². The molecule has 146 valence electrons. The Balaban J connectivity index is 1.73. The Morgan fingerprint density at radius 3 is 2.70 bits per heavy atom. The molecule has 1 atom stereocenters. The van der Waals surface area contributed by atoms with Gasteiger partial charge in [-0.05, 0) is 32.4 Å². The molecule has 2 amide bonds. The Morgan fingerprint density at radius 1 is 1.37 bits per heavy atom. The Labute approximate surface area is 158 Å². The fourth-order valence-electron chi connectivity index (χ4n) is 3.33. The minimum Gasteiger partial charge on any atom is -0.323 e. The minimum absolute atomic E-state index is 0.0952. The van der Waals surface area contributed by atoms with E-state index in [0.717, 1.165) is 17.0 Å². The van der Waals surface area contributed by atoms with Gasteiger partial charge in [-0.15, -0.1) is 0 Å². The summed E-state index contributed by atoms with van der Waals surface area (Å²) in [5.41, 5.74) is 2.59. The average Bonchev–Trinajstić information content (AvgIpc) is 3.10. The van der Waals surface area contributed by atoms with Crippen LogP contribution in [0.3, 0.4) is 0 Å². The first-order chi connectivity index (χ1) is 12.7. The predicted octanol–water partition coefficient (Wildman–Crippen LogP) is 2.66. The van der Waals surface area contributed by atoms with Crippen LogP contribution < -0.4 is 5.32 Å². The number of benzene rings is 1. The summed E-state index contributed by atoms with van der Waals surface area (Å²) >= 11 is 0. The van der Waals surface area contributed by atoms with Crippen molar-refractivity contribution in [2.45, 2.75) is 32.9 Å². The fourth-order valence-corrected chi connectivity index (χ4v) is 5.02. The van der Waals surface area contributed by atoms with Gasteiger partial charge >= 0.3 is 6.03 Å². The van der Waals surface area contributed by atoms with Gasteiger partial charge in [-0.1, -0.05) is 12.1 Å². The normalized spacial score (nSPS) is 18.4. The van der Waals surface area contributed by atoms with Gasteiger partial charge in [-0.3, -0.25) is 4.68 Å². The molecule has 1 saturated heterocycles. The van der Waals surface area contributed by atoms with Crippen molar-refractivity contribution >= 4 is 21.6 Å². The van der Waals surface area contributed by atoms with Gasteiger partial charge in [-0.25, -0.2) is 17.6 Å². The summed E-state index contributed by atoms with van der Waals surface area (Å²) in [6.07, 6.45) is 0.549. The number of nitrogens with one attached hydrogen (secondary N) is 1. The number of carbonyl (C=O) groups excluding carboxylic acids is 1. The van der Waals surface area contributed by atoms with Crippen LogP contribution >= 0.6 is 0 Å². The first-order valence-electron chi connectivity index (χ1n) is 8.69. The van der Waals surface area contributed by atoms with E-state index in [9.17, 15) is 17.6 Å². The van der Waals surface area contributed by atoms with Crippen LogP contribution in [0.25, 0.3) is 0 Å². The Bertz CT molecular complexity index is 971. The third kappa shape index (κ3) is 4.13. The van der Waals surface area contributed by atoms with Crippen LogP contribution in [-0.2, 0) is 16.4 Å². The number of aromatic nitrogens is 2. The summed E-state index contributed by atoms with van der Waals surface area (Å²) in [7, 11) is -1.39. The van der Waals surface area contributed by atoms with E-state index in [-0.39, 0.29) is 29.8 Å². The van der Waals surface area contributed by atoms with Gasteiger partial charge in [-0.2, -0.15) is 5.10 Å². The van der Waals surface area contributed by atoms with Gasteiger partial charge in [0.05, 0.1) is 35.5 Å². The number of anilines is 1. The molecule has 0 radical (unpaired) electrons. The summed E-state index contributed by atoms with van der Waals surface area (Å²) in [5, 5.41) is 7.05. The van der Waals surface area contributed by atoms with E-state index in [0.29, 0.717) is 6.42 Å². The molecule has 1 aromatic carbocycles. The smallest absolute Gasteiger partial charge is 0.321 e. The Kier molecular flexibility index (Phi) is 5.23. The summed E-state index contributed by atoms with van der Waals surface area (Å²) in [5.74, 6) is -0.226. The number of sulfone groups is 1. The highest BCUT2D eigenvalue weighted by molar-refractivity contribution is 7.91. The van der Waals surface area contributed by atoms with E-state index in [1.807, 2.05) is 13.8 Å². The molecule has 0 unspecified atom stereocenters. The zero-order valence-corrected chi connectivity index (χ0v) is 16.4. The molecule has 1 fully saturated rings. The van der Waals surface area contributed by atoms with Gasteiger partial charge in [0.25, 0.3) is 0 Å². The van der Waals surface area contributed by atoms with Gasteiger partial charge in [0, 0.05) is 18.3 Å². The van der Waals surface area contributed by atoms with Crippen molar-refractivity contribution in [2.24, 2.45) is 0 Å². The SMILES string of the molecule is Cc1nn([C@@H]2CCS(=O)(=O)C2)c(C)c1CN(C)C(=O)Nc1ccccc1F. The monoisotopic (exact) mass is 394 g/mol. The van der Waals surface area contributed by atoms with Crippen LogP contribution in [0.15, 0.2) is 24.3 Å². The van der Waals surface area contributed by atoms with Crippen LogP contribution in [0.4, 0.5) is 14.9 Å².